The Balaban J connectivity index is 1.55. The summed E-state index contributed by atoms with van der Waals surface area (Å²) in [4.78, 5) is 14.9. The fourth-order valence-electron chi connectivity index (χ4n) is 2.99. The molecule has 152 valence electrons. The van der Waals surface area contributed by atoms with E-state index >= 15 is 0 Å². The molecule has 0 N–H and O–H groups in total. The maximum absolute atomic E-state index is 10.8. The number of hydrogen-bond acceptors (Lipinski definition) is 7. The van der Waals surface area contributed by atoms with Gasteiger partial charge in [0.1, 0.15) is 0 Å². The highest BCUT2D eigenvalue weighted by atomic mass is 32.2. The number of nitro groups is 1. The Morgan fingerprint density at radius 3 is 2.63 bits per heavy atom. The van der Waals surface area contributed by atoms with Crippen LogP contribution in [0.25, 0.3) is 17.1 Å². The smallest absolute Gasteiger partial charge is 0.269 e. The van der Waals surface area contributed by atoms with E-state index < -0.39 is 4.92 Å². The Kier molecular flexibility index (Phi) is 5.37. The molecule has 9 heteroatoms. The minimum atomic E-state index is -0.445. The summed E-state index contributed by atoms with van der Waals surface area (Å²) in [6, 6.07) is 12.3. The fraction of sp³-hybridized carbons (Fsp3) is 0.190. The van der Waals surface area contributed by atoms with E-state index in [-0.39, 0.29) is 10.9 Å². The normalized spacial score (nSPS) is 12.1. The van der Waals surface area contributed by atoms with Gasteiger partial charge in [0, 0.05) is 30.1 Å². The zero-order valence-corrected chi connectivity index (χ0v) is 17.5. The van der Waals surface area contributed by atoms with Crippen molar-refractivity contribution in [3.8, 4) is 17.1 Å². The minimum absolute atomic E-state index is 0.0145. The monoisotopic (exact) mass is 421 g/mol. The molecule has 8 nitrogen and oxygen atoms in total. The maximum Gasteiger partial charge on any atom is 0.269 e. The molecule has 0 aliphatic heterocycles. The molecule has 2 aromatic heterocycles. The van der Waals surface area contributed by atoms with Gasteiger partial charge in [-0.3, -0.25) is 14.7 Å². The van der Waals surface area contributed by atoms with Crippen LogP contribution in [0.15, 0.2) is 64.4 Å². The van der Waals surface area contributed by atoms with Crippen LogP contribution in [0.1, 0.15) is 29.2 Å². The van der Waals surface area contributed by atoms with E-state index in [2.05, 4.69) is 51.8 Å². The van der Waals surface area contributed by atoms with E-state index in [9.17, 15) is 10.1 Å². The van der Waals surface area contributed by atoms with E-state index in [4.69, 9.17) is 4.42 Å². The second-order valence-corrected chi connectivity index (χ2v) is 8.19. The van der Waals surface area contributed by atoms with Gasteiger partial charge in [0.2, 0.25) is 11.8 Å². The summed E-state index contributed by atoms with van der Waals surface area (Å²) >= 11 is 1.52. The highest BCUT2D eigenvalue weighted by Crippen LogP contribution is 2.36. The van der Waals surface area contributed by atoms with Crippen LogP contribution in [0, 0.1) is 24.0 Å². The number of nitro benzene ring substituents is 1. The molecule has 2 aromatic carbocycles. The van der Waals surface area contributed by atoms with Gasteiger partial charge in [-0.1, -0.05) is 23.9 Å². The van der Waals surface area contributed by atoms with Crippen molar-refractivity contribution in [3.63, 3.8) is 0 Å². The molecule has 4 aromatic rings. The van der Waals surface area contributed by atoms with Crippen molar-refractivity contribution in [1.29, 1.82) is 0 Å². The minimum Gasteiger partial charge on any atom is -0.419 e. The molecule has 0 radical (unpaired) electrons. The van der Waals surface area contributed by atoms with Crippen LogP contribution in [0.4, 0.5) is 5.69 Å². The van der Waals surface area contributed by atoms with Crippen LogP contribution in [0.2, 0.25) is 0 Å². The summed E-state index contributed by atoms with van der Waals surface area (Å²) in [7, 11) is 0. The third-order valence-electron chi connectivity index (χ3n) is 4.63. The van der Waals surface area contributed by atoms with Gasteiger partial charge in [-0.15, -0.1) is 10.2 Å². The molecule has 1 atom stereocenters. The summed E-state index contributed by atoms with van der Waals surface area (Å²) in [6.07, 6.45) is 3.71. The number of non-ortho nitro benzene ring substituents is 1. The number of hydrogen-bond donors (Lipinski definition) is 0. The van der Waals surface area contributed by atoms with Crippen molar-refractivity contribution in [2.45, 2.75) is 31.2 Å². The third-order valence-corrected chi connectivity index (χ3v) is 5.69. The highest BCUT2D eigenvalue weighted by molar-refractivity contribution is 7.99. The predicted molar refractivity (Wildman–Crippen MR) is 114 cm³/mol. The first-order valence-corrected chi connectivity index (χ1v) is 10.2. The van der Waals surface area contributed by atoms with Gasteiger partial charge in [0.15, 0.2) is 5.16 Å². The number of benzene rings is 2. The molecule has 0 amide bonds. The zero-order valence-electron chi connectivity index (χ0n) is 16.6. The first kappa shape index (κ1) is 19.8. The fourth-order valence-corrected chi connectivity index (χ4v) is 3.90. The Labute approximate surface area is 177 Å². The van der Waals surface area contributed by atoms with E-state index in [0.717, 1.165) is 16.4 Å². The number of aryl methyl sites for hydroxylation is 2. The molecule has 0 saturated heterocycles. The molecule has 0 aliphatic rings. The summed E-state index contributed by atoms with van der Waals surface area (Å²) in [5.74, 6) is 0.786. The number of nitrogens with zero attached hydrogens (tertiary/aromatic N) is 5. The summed E-state index contributed by atoms with van der Waals surface area (Å²) in [5, 5.41) is 19.7. The molecule has 0 spiro atoms. The Bertz CT molecular complexity index is 1200. The lowest BCUT2D eigenvalue weighted by atomic mass is 10.1. The molecule has 1 unspecified atom stereocenters. The lowest BCUT2D eigenvalue weighted by molar-refractivity contribution is -0.384. The van der Waals surface area contributed by atoms with Gasteiger partial charge in [0.05, 0.1) is 15.9 Å². The van der Waals surface area contributed by atoms with E-state index in [1.807, 2.05) is 13.1 Å². The molecular formula is C21H19N5O3S. The quantitative estimate of drug-likeness (QED) is 0.236. The van der Waals surface area contributed by atoms with Crippen LogP contribution < -0.4 is 0 Å². The molecule has 0 fully saturated rings. The highest BCUT2D eigenvalue weighted by Gasteiger charge is 2.20. The van der Waals surface area contributed by atoms with Gasteiger partial charge in [-0.05, 0) is 50.1 Å². The average Bonchev–Trinajstić information content (AvgIpc) is 3.40. The van der Waals surface area contributed by atoms with Crippen molar-refractivity contribution in [1.82, 2.24) is 19.7 Å². The SMILES string of the molecule is Cc1ccc(C)c(-n2ccnc2SC(C)c2nnc(-c3ccc([N+](=O)[O-])cc3)o2)c1. The largest absolute Gasteiger partial charge is 0.419 e. The van der Waals surface area contributed by atoms with E-state index in [1.54, 1.807) is 18.3 Å². The van der Waals surface area contributed by atoms with Crippen molar-refractivity contribution in [3.05, 3.63) is 82.0 Å². The summed E-state index contributed by atoms with van der Waals surface area (Å²) in [5.41, 5.74) is 4.07. The summed E-state index contributed by atoms with van der Waals surface area (Å²) in [6.45, 7) is 6.11. The Hall–Kier alpha value is -3.46. The predicted octanol–water partition coefficient (Wildman–Crippen LogP) is 5.30. The molecule has 0 bridgehead atoms. The lowest BCUT2D eigenvalue weighted by Gasteiger charge is -2.13. The van der Waals surface area contributed by atoms with E-state index in [0.29, 0.717) is 17.3 Å². The van der Waals surface area contributed by atoms with Crippen LogP contribution >= 0.6 is 11.8 Å². The van der Waals surface area contributed by atoms with Gasteiger partial charge in [-0.2, -0.15) is 0 Å². The molecule has 0 saturated carbocycles. The zero-order chi connectivity index (χ0) is 21.3. The number of thioether (sulfide) groups is 1. The van der Waals surface area contributed by atoms with Crippen LogP contribution in [0.5, 0.6) is 0 Å². The average molecular weight is 421 g/mol. The van der Waals surface area contributed by atoms with Gasteiger partial charge in [-0.25, -0.2) is 4.98 Å². The first-order valence-electron chi connectivity index (χ1n) is 9.28. The Morgan fingerprint density at radius 1 is 1.13 bits per heavy atom. The van der Waals surface area contributed by atoms with Crippen molar-refractivity contribution in [2.75, 3.05) is 0 Å². The number of rotatable bonds is 6. The first-order chi connectivity index (χ1) is 14.4. The Morgan fingerprint density at radius 2 is 1.90 bits per heavy atom. The second-order valence-electron chi connectivity index (χ2n) is 6.88. The molecule has 4 rings (SSSR count). The number of imidazole rings is 1. The van der Waals surface area contributed by atoms with Crippen LogP contribution in [-0.2, 0) is 0 Å². The van der Waals surface area contributed by atoms with Gasteiger partial charge >= 0.3 is 0 Å². The number of aromatic nitrogens is 4. The second kappa shape index (κ2) is 8.11. The van der Waals surface area contributed by atoms with Gasteiger partial charge in [0.25, 0.3) is 5.69 Å². The topological polar surface area (TPSA) is 99.9 Å². The van der Waals surface area contributed by atoms with Gasteiger partial charge < -0.3 is 4.42 Å². The van der Waals surface area contributed by atoms with Crippen LogP contribution in [-0.4, -0.2) is 24.7 Å². The van der Waals surface area contributed by atoms with E-state index in [1.165, 1.54) is 29.5 Å². The molecule has 30 heavy (non-hydrogen) atoms. The maximum atomic E-state index is 10.8. The lowest BCUT2D eigenvalue weighted by Crippen LogP contribution is -2.00. The summed E-state index contributed by atoms with van der Waals surface area (Å²) < 4.78 is 7.87. The molecular weight excluding hydrogens is 402 g/mol. The molecule has 0 aliphatic carbocycles. The van der Waals surface area contributed by atoms with Crippen molar-refractivity contribution < 1.29 is 9.34 Å². The standard InChI is InChI=1S/C21H19N5O3S/c1-13-4-5-14(2)18(12-13)25-11-10-22-21(25)30-15(3)19-23-24-20(29-19)16-6-8-17(9-7-16)26(27)28/h4-12,15H,1-3H3. The van der Waals surface area contributed by atoms with Crippen LogP contribution in [0.3, 0.4) is 0 Å². The van der Waals surface area contributed by atoms with Crippen molar-refractivity contribution in [2.24, 2.45) is 0 Å². The van der Waals surface area contributed by atoms with Crippen molar-refractivity contribution >= 4 is 17.4 Å². The third kappa shape index (κ3) is 3.97. The molecule has 2 heterocycles.